The van der Waals surface area contributed by atoms with E-state index in [2.05, 4.69) is 20.8 Å². The van der Waals surface area contributed by atoms with E-state index in [1.807, 2.05) is 26.2 Å². The van der Waals surface area contributed by atoms with E-state index in [1.54, 1.807) is 29.7 Å². The fraction of sp³-hybridized carbons (Fsp3) is 0.435. The highest BCUT2D eigenvalue weighted by atomic mass is 32.1. The van der Waals surface area contributed by atoms with Crippen LogP contribution < -0.4 is 10.6 Å². The van der Waals surface area contributed by atoms with Crippen LogP contribution in [0, 0.1) is 5.82 Å². The maximum absolute atomic E-state index is 13.2. The van der Waals surface area contributed by atoms with Crippen LogP contribution in [0.15, 0.2) is 40.4 Å². The van der Waals surface area contributed by atoms with Gasteiger partial charge < -0.3 is 15.2 Å². The molecule has 0 aliphatic carbocycles. The molecule has 4 rings (SSSR count). The third kappa shape index (κ3) is 6.21. The lowest BCUT2D eigenvalue weighted by Crippen LogP contribution is -2.29. The first-order chi connectivity index (χ1) is 15.0. The van der Waals surface area contributed by atoms with Crippen molar-refractivity contribution in [2.45, 2.75) is 52.0 Å². The van der Waals surface area contributed by atoms with Crippen LogP contribution in [0.4, 0.5) is 4.39 Å². The molecule has 1 aliphatic rings. The summed E-state index contributed by atoms with van der Waals surface area (Å²) < 4.78 is 19.0. The van der Waals surface area contributed by atoms with Gasteiger partial charge in [-0.1, -0.05) is 12.1 Å². The predicted molar refractivity (Wildman–Crippen MR) is 121 cm³/mol. The van der Waals surface area contributed by atoms with Gasteiger partial charge in [0.2, 0.25) is 5.91 Å². The molecular formula is C23H29FN4O2S. The van der Waals surface area contributed by atoms with Crippen LogP contribution >= 0.6 is 11.3 Å². The lowest BCUT2D eigenvalue weighted by Gasteiger charge is -2.20. The topological polar surface area (TPSA) is 80.0 Å². The van der Waals surface area contributed by atoms with Crippen molar-refractivity contribution in [2.24, 2.45) is 0 Å². The van der Waals surface area contributed by atoms with E-state index in [9.17, 15) is 9.18 Å². The van der Waals surface area contributed by atoms with Crippen molar-refractivity contribution in [1.29, 1.82) is 0 Å². The summed E-state index contributed by atoms with van der Waals surface area (Å²) in [5, 5.41) is 13.3. The van der Waals surface area contributed by atoms with E-state index in [1.165, 1.54) is 12.1 Å². The van der Waals surface area contributed by atoms with Crippen LogP contribution in [0.5, 0.6) is 0 Å². The van der Waals surface area contributed by atoms with Gasteiger partial charge in [0.25, 0.3) is 0 Å². The largest absolute Gasteiger partial charge is 0.360 e. The molecule has 3 heterocycles. The van der Waals surface area contributed by atoms with Gasteiger partial charge >= 0.3 is 0 Å². The van der Waals surface area contributed by atoms with Crippen molar-refractivity contribution in [2.75, 3.05) is 13.1 Å². The van der Waals surface area contributed by atoms with E-state index < -0.39 is 0 Å². The monoisotopic (exact) mass is 444 g/mol. The summed E-state index contributed by atoms with van der Waals surface area (Å²) in [4.78, 5) is 15.0. The van der Waals surface area contributed by atoms with E-state index in [-0.39, 0.29) is 17.8 Å². The Bertz CT molecular complexity index is 949. The number of amides is 1. The Hall–Kier alpha value is -2.58. The summed E-state index contributed by atoms with van der Waals surface area (Å²) in [5.41, 5.74) is 2.55. The molecule has 1 fully saturated rings. The Morgan fingerprint density at radius 1 is 1.29 bits per heavy atom. The fourth-order valence-corrected chi connectivity index (χ4v) is 4.14. The summed E-state index contributed by atoms with van der Waals surface area (Å²) >= 11 is 1.57. The summed E-state index contributed by atoms with van der Waals surface area (Å²) in [6.07, 6.45) is 4.42. The van der Waals surface area contributed by atoms with E-state index in [0.29, 0.717) is 12.3 Å². The van der Waals surface area contributed by atoms with Crippen molar-refractivity contribution < 1.29 is 13.7 Å². The number of hydrogen-bond donors (Lipinski definition) is 2. The van der Waals surface area contributed by atoms with Gasteiger partial charge in [0.15, 0.2) is 5.76 Å². The maximum atomic E-state index is 13.2. The maximum Gasteiger partial charge on any atom is 0.219 e. The third-order valence-electron chi connectivity index (χ3n) is 4.96. The first-order valence-corrected chi connectivity index (χ1v) is 11.5. The highest BCUT2D eigenvalue weighted by Crippen LogP contribution is 2.41. The van der Waals surface area contributed by atoms with Gasteiger partial charge in [-0.2, -0.15) is 0 Å². The van der Waals surface area contributed by atoms with Gasteiger partial charge in [0, 0.05) is 35.5 Å². The second-order valence-corrected chi connectivity index (χ2v) is 8.61. The molecular weight excluding hydrogens is 415 g/mol. The smallest absolute Gasteiger partial charge is 0.219 e. The number of thiazole rings is 1. The van der Waals surface area contributed by atoms with Gasteiger partial charge in [-0.3, -0.25) is 4.79 Å². The molecule has 1 saturated heterocycles. The SMILES string of the molecule is CCC(=O)NC(C)C.Fc1ccc(-c2noc(C3CCNCC3)c2-c2nccs2)cc1. The number of halogens is 1. The van der Waals surface area contributed by atoms with Gasteiger partial charge in [-0.05, 0) is 64.0 Å². The molecule has 1 aliphatic heterocycles. The molecule has 6 nitrogen and oxygen atoms in total. The molecule has 0 bridgehead atoms. The Labute approximate surface area is 186 Å². The number of carbonyl (C=O) groups excluding carboxylic acids is 1. The minimum Gasteiger partial charge on any atom is -0.360 e. The van der Waals surface area contributed by atoms with Crippen LogP contribution in [0.2, 0.25) is 0 Å². The van der Waals surface area contributed by atoms with Gasteiger partial charge in [0.05, 0.1) is 5.56 Å². The summed E-state index contributed by atoms with van der Waals surface area (Å²) in [6.45, 7) is 7.71. The van der Waals surface area contributed by atoms with Gasteiger partial charge in [0.1, 0.15) is 16.5 Å². The standard InChI is InChI=1S/C17H16FN3OS.C6H13NO/c18-13-3-1-11(2-4-13)15-14(17-20-9-10-23-17)16(22-21-15)12-5-7-19-8-6-12;1-4-6(8)7-5(2)3/h1-4,9-10,12,19H,5-8H2;5H,4H2,1-3H3,(H,7,8). The average Bonchev–Trinajstić information content (AvgIpc) is 3.44. The molecule has 166 valence electrons. The lowest BCUT2D eigenvalue weighted by atomic mass is 9.91. The molecule has 31 heavy (non-hydrogen) atoms. The second-order valence-electron chi connectivity index (χ2n) is 7.71. The Morgan fingerprint density at radius 3 is 2.55 bits per heavy atom. The summed E-state index contributed by atoms with van der Waals surface area (Å²) in [5.74, 6) is 1.12. The highest BCUT2D eigenvalue weighted by molar-refractivity contribution is 7.13. The first kappa shape index (κ1) is 23.1. The molecule has 3 aromatic rings. The van der Waals surface area contributed by atoms with Gasteiger partial charge in [-0.25, -0.2) is 9.37 Å². The van der Waals surface area contributed by atoms with E-state index >= 15 is 0 Å². The van der Waals surface area contributed by atoms with E-state index in [4.69, 9.17) is 4.52 Å². The number of hydrogen-bond acceptors (Lipinski definition) is 6. The van der Waals surface area contributed by atoms with Crippen molar-refractivity contribution in [3.63, 3.8) is 0 Å². The lowest BCUT2D eigenvalue weighted by molar-refractivity contribution is -0.121. The molecule has 0 saturated carbocycles. The highest BCUT2D eigenvalue weighted by Gasteiger charge is 2.28. The third-order valence-corrected chi connectivity index (χ3v) is 5.75. The molecule has 0 radical (unpaired) electrons. The molecule has 1 amide bonds. The zero-order valence-corrected chi connectivity index (χ0v) is 19.0. The Balaban J connectivity index is 0.000000293. The zero-order valence-electron chi connectivity index (χ0n) is 18.2. The number of nitrogens with one attached hydrogen (secondary N) is 2. The molecule has 0 atom stereocenters. The van der Waals surface area contributed by atoms with Crippen LogP contribution in [0.3, 0.4) is 0 Å². The van der Waals surface area contributed by atoms with E-state index in [0.717, 1.165) is 53.5 Å². The normalized spacial score (nSPS) is 14.2. The number of benzene rings is 1. The molecule has 8 heteroatoms. The number of carbonyl (C=O) groups is 1. The summed E-state index contributed by atoms with van der Waals surface area (Å²) in [7, 11) is 0. The number of nitrogens with zero attached hydrogens (tertiary/aromatic N) is 2. The van der Waals surface area contributed by atoms with Crippen LogP contribution in [-0.4, -0.2) is 35.2 Å². The van der Waals surface area contributed by atoms with Crippen LogP contribution in [-0.2, 0) is 4.79 Å². The quantitative estimate of drug-likeness (QED) is 0.579. The Morgan fingerprint density at radius 2 is 2.00 bits per heavy atom. The molecule has 0 unspecified atom stereocenters. The Kier molecular flexibility index (Phi) is 8.31. The van der Waals surface area contributed by atoms with Crippen molar-refractivity contribution >= 4 is 17.2 Å². The fourth-order valence-electron chi connectivity index (χ4n) is 3.45. The first-order valence-electron chi connectivity index (χ1n) is 10.6. The minimum absolute atomic E-state index is 0.125. The predicted octanol–water partition coefficient (Wildman–Crippen LogP) is 4.99. The van der Waals surface area contributed by atoms with Crippen molar-refractivity contribution in [3.8, 4) is 21.8 Å². The van der Waals surface area contributed by atoms with Crippen LogP contribution in [0.25, 0.3) is 21.8 Å². The second kappa shape index (κ2) is 11.2. The average molecular weight is 445 g/mol. The summed E-state index contributed by atoms with van der Waals surface area (Å²) in [6, 6.07) is 6.63. The minimum atomic E-state index is -0.258. The van der Waals surface area contributed by atoms with Crippen molar-refractivity contribution in [1.82, 2.24) is 20.8 Å². The molecule has 0 spiro atoms. The van der Waals surface area contributed by atoms with Crippen molar-refractivity contribution in [3.05, 3.63) is 47.4 Å². The van der Waals surface area contributed by atoms with Crippen LogP contribution in [0.1, 0.15) is 51.7 Å². The molecule has 2 aromatic heterocycles. The number of aromatic nitrogens is 2. The zero-order chi connectivity index (χ0) is 22.2. The number of piperidine rings is 1. The molecule has 1 aromatic carbocycles. The molecule has 2 N–H and O–H groups in total. The van der Waals surface area contributed by atoms with Gasteiger partial charge in [-0.15, -0.1) is 11.3 Å². The number of rotatable bonds is 5.